The van der Waals surface area contributed by atoms with Crippen molar-refractivity contribution < 1.29 is 18.0 Å². The first kappa shape index (κ1) is 35.5. The Morgan fingerprint density at radius 3 is 2.17 bits per heavy atom. The van der Waals surface area contributed by atoms with E-state index in [1.807, 2.05) is 56.3 Å². The molecule has 1 aliphatic rings. The van der Waals surface area contributed by atoms with Crippen LogP contribution < -0.4 is 9.62 Å². The monoisotopic (exact) mass is 705 g/mol. The summed E-state index contributed by atoms with van der Waals surface area (Å²) in [7, 11) is -4.19. The highest BCUT2D eigenvalue weighted by Crippen LogP contribution is 2.30. The van der Waals surface area contributed by atoms with Crippen LogP contribution in [0.4, 0.5) is 5.69 Å². The van der Waals surface area contributed by atoms with E-state index in [9.17, 15) is 18.0 Å². The molecular weight excluding hydrogens is 665 g/mol. The molecule has 48 heavy (non-hydrogen) atoms. The lowest BCUT2D eigenvalue weighted by Crippen LogP contribution is -2.55. The zero-order valence-corrected chi connectivity index (χ0v) is 29.6. The zero-order chi connectivity index (χ0) is 34.3. The van der Waals surface area contributed by atoms with Crippen LogP contribution in [0, 0.1) is 13.8 Å². The van der Waals surface area contributed by atoms with E-state index in [0.717, 1.165) is 47.5 Å². The summed E-state index contributed by atoms with van der Waals surface area (Å²) in [6.45, 7) is 3.18. The van der Waals surface area contributed by atoms with Crippen molar-refractivity contribution in [1.82, 2.24) is 10.2 Å². The van der Waals surface area contributed by atoms with Crippen LogP contribution in [-0.4, -0.2) is 43.8 Å². The number of carbonyl (C=O) groups excluding carboxylic acids is 2. The van der Waals surface area contributed by atoms with Crippen molar-refractivity contribution in [1.29, 1.82) is 0 Å². The molecule has 252 valence electrons. The summed E-state index contributed by atoms with van der Waals surface area (Å²) in [6, 6.07) is 27.1. The number of anilines is 1. The van der Waals surface area contributed by atoms with Crippen molar-refractivity contribution in [3.05, 3.63) is 129 Å². The van der Waals surface area contributed by atoms with E-state index in [2.05, 4.69) is 5.32 Å². The predicted octanol–water partition coefficient (Wildman–Crippen LogP) is 7.89. The largest absolute Gasteiger partial charge is 0.352 e. The Morgan fingerprint density at radius 2 is 1.52 bits per heavy atom. The number of aryl methyl sites for hydroxylation is 2. The Bertz CT molecular complexity index is 1830. The molecule has 1 saturated carbocycles. The topological polar surface area (TPSA) is 86.8 Å². The van der Waals surface area contributed by atoms with Crippen LogP contribution in [0.5, 0.6) is 0 Å². The maximum absolute atomic E-state index is 14.8. The maximum Gasteiger partial charge on any atom is 0.264 e. The fourth-order valence-electron chi connectivity index (χ4n) is 6.25. The minimum Gasteiger partial charge on any atom is -0.352 e. The molecule has 0 unspecified atom stereocenters. The highest BCUT2D eigenvalue weighted by molar-refractivity contribution is 7.92. The van der Waals surface area contributed by atoms with E-state index >= 15 is 0 Å². The van der Waals surface area contributed by atoms with Gasteiger partial charge in [0, 0.05) is 29.1 Å². The van der Waals surface area contributed by atoms with Crippen LogP contribution in [0.15, 0.2) is 102 Å². The third kappa shape index (κ3) is 8.78. The summed E-state index contributed by atoms with van der Waals surface area (Å²) in [6.07, 6.45) is 5.15. The molecule has 4 aromatic carbocycles. The van der Waals surface area contributed by atoms with Gasteiger partial charge in [0.2, 0.25) is 11.8 Å². The quantitative estimate of drug-likeness (QED) is 0.162. The Labute approximate surface area is 293 Å². The average Bonchev–Trinajstić information content (AvgIpc) is 3.07. The van der Waals surface area contributed by atoms with E-state index in [1.165, 1.54) is 17.0 Å². The van der Waals surface area contributed by atoms with Crippen molar-refractivity contribution in [2.75, 3.05) is 10.8 Å². The van der Waals surface area contributed by atoms with Gasteiger partial charge in [0.25, 0.3) is 10.0 Å². The first-order chi connectivity index (χ1) is 23.0. The van der Waals surface area contributed by atoms with E-state index in [-0.39, 0.29) is 29.8 Å². The Kier molecular flexibility index (Phi) is 11.8. The van der Waals surface area contributed by atoms with E-state index in [0.29, 0.717) is 26.9 Å². The standard InChI is InChI=1S/C38H41Cl2N3O4S/c1-27-18-21-35(28(2)22-27)43(48(46,47)33-16-10-5-11-17-33)26-37(44)42(25-30-19-20-31(39)24-34(30)40)36(23-29-12-6-3-7-13-29)38(45)41-32-14-8-4-9-15-32/h3,5-7,10-13,16-22,24,32,36H,4,8-9,14-15,23,25-26H2,1-2H3,(H,41,45)/t36-/m1/s1. The normalized spacial score (nSPS) is 14.2. The van der Waals surface area contributed by atoms with Crippen molar-refractivity contribution in [2.24, 2.45) is 0 Å². The molecule has 1 N–H and O–H groups in total. The van der Waals surface area contributed by atoms with E-state index in [1.54, 1.807) is 42.5 Å². The summed E-state index contributed by atoms with van der Waals surface area (Å²) in [5.74, 6) is -0.826. The van der Waals surface area contributed by atoms with Gasteiger partial charge < -0.3 is 10.2 Å². The fourth-order valence-corrected chi connectivity index (χ4v) is 8.22. The molecule has 0 aromatic heterocycles. The molecule has 7 nitrogen and oxygen atoms in total. The predicted molar refractivity (Wildman–Crippen MR) is 193 cm³/mol. The molecule has 1 aliphatic carbocycles. The van der Waals surface area contributed by atoms with Gasteiger partial charge in [-0.2, -0.15) is 0 Å². The minimum absolute atomic E-state index is 0.00533. The summed E-state index contributed by atoms with van der Waals surface area (Å²) >= 11 is 12.9. The van der Waals surface area contributed by atoms with Gasteiger partial charge in [0.15, 0.2) is 0 Å². The molecule has 4 aromatic rings. The molecule has 2 amide bonds. The molecule has 1 atom stereocenters. The average molecular weight is 707 g/mol. The lowest BCUT2D eigenvalue weighted by atomic mass is 9.94. The van der Waals surface area contributed by atoms with Crippen molar-refractivity contribution >= 4 is 50.7 Å². The molecule has 0 spiro atoms. The number of hydrogen-bond donors (Lipinski definition) is 1. The number of benzene rings is 4. The van der Waals surface area contributed by atoms with Gasteiger partial charge in [-0.25, -0.2) is 8.42 Å². The number of carbonyl (C=O) groups is 2. The van der Waals surface area contributed by atoms with Gasteiger partial charge in [-0.15, -0.1) is 0 Å². The van der Waals surface area contributed by atoms with Gasteiger partial charge in [-0.3, -0.25) is 13.9 Å². The zero-order valence-electron chi connectivity index (χ0n) is 27.2. The smallest absolute Gasteiger partial charge is 0.264 e. The SMILES string of the molecule is Cc1ccc(N(CC(=O)N(Cc2ccc(Cl)cc2Cl)[C@H](Cc2ccccc2)C(=O)NC2CCCCC2)S(=O)(=O)c2ccccc2)c(C)c1. The van der Waals surface area contributed by atoms with Crippen molar-refractivity contribution in [2.45, 2.75) is 75.9 Å². The van der Waals surface area contributed by atoms with Crippen molar-refractivity contribution in [3.63, 3.8) is 0 Å². The summed E-state index contributed by atoms with van der Waals surface area (Å²) in [4.78, 5) is 30.6. The summed E-state index contributed by atoms with van der Waals surface area (Å²) in [5.41, 5.74) is 3.49. The highest BCUT2D eigenvalue weighted by Gasteiger charge is 2.36. The second-order valence-electron chi connectivity index (χ2n) is 12.4. The number of nitrogens with one attached hydrogen (secondary N) is 1. The molecule has 0 bridgehead atoms. The Morgan fingerprint density at radius 1 is 0.854 bits per heavy atom. The second kappa shape index (κ2) is 16.0. The third-order valence-corrected chi connectivity index (χ3v) is 11.2. The number of sulfonamides is 1. The van der Waals surface area contributed by atoms with Gasteiger partial charge in [-0.05, 0) is 73.7 Å². The molecular formula is C38H41Cl2N3O4S. The number of amides is 2. The number of halogens is 2. The molecule has 0 radical (unpaired) electrons. The number of nitrogens with zero attached hydrogens (tertiary/aromatic N) is 2. The van der Waals surface area contributed by atoms with Crippen LogP contribution in [-0.2, 0) is 32.6 Å². The Hall–Kier alpha value is -3.85. The molecule has 0 aliphatic heterocycles. The lowest BCUT2D eigenvalue weighted by Gasteiger charge is -2.35. The second-order valence-corrected chi connectivity index (χ2v) is 15.1. The highest BCUT2D eigenvalue weighted by atomic mass is 35.5. The molecule has 1 fully saturated rings. The maximum atomic E-state index is 14.8. The fraction of sp³-hybridized carbons (Fsp3) is 0.316. The lowest BCUT2D eigenvalue weighted by molar-refractivity contribution is -0.140. The van der Waals surface area contributed by atoms with Crippen LogP contribution in [0.3, 0.4) is 0 Å². The molecule has 0 heterocycles. The van der Waals surface area contributed by atoms with Gasteiger partial charge in [0.05, 0.1) is 10.6 Å². The van der Waals surface area contributed by atoms with Crippen LogP contribution in [0.1, 0.15) is 54.4 Å². The first-order valence-electron chi connectivity index (χ1n) is 16.3. The van der Waals surface area contributed by atoms with Crippen LogP contribution >= 0.6 is 23.2 Å². The summed E-state index contributed by atoms with van der Waals surface area (Å²) < 4.78 is 29.7. The summed E-state index contributed by atoms with van der Waals surface area (Å²) in [5, 5.41) is 4.00. The number of hydrogen-bond acceptors (Lipinski definition) is 4. The van der Waals surface area contributed by atoms with Gasteiger partial charge in [0.1, 0.15) is 12.6 Å². The molecule has 5 rings (SSSR count). The van der Waals surface area contributed by atoms with Crippen molar-refractivity contribution in [3.8, 4) is 0 Å². The van der Waals surface area contributed by atoms with Crippen LogP contribution in [0.25, 0.3) is 0 Å². The Balaban J connectivity index is 1.59. The molecule has 0 saturated heterocycles. The molecule has 10 heteroatoms. The van der Waals surface area contributed by atoms with E-state index < -0.39 is 28.5 Å². The number of rotatable bonds is 12. The third-order valence-electron chi connectivity index (χ3n) is 8.81. The van der Waals surface area contributed by atoms with Gasteiger partial charge >= 0.3 is 0 Å². The van der Waals surface area contributed by atoms with Crippen LogP contribution in [0.2, 0.25) is 10.0 Å². The van der Waals surface area contributed by atoms with E-state index in [4.69, 9.17) is 23.2 Å². The first-order valence-corrected chi connectivity index (χ1v) is 18.5. The minimum atomic E-state index is -4.19. The van der Waals surface area contributed by atoms with Gasteiger partial charge in [-0.1, -0.05) is 115 Å².